The van der Waals surface area contributed by atoms with Crippen molar-refractivity contribution in [2.75, 3.05) is 25.1 Å². The molecule has 0 spiro atoms. The van der Waals surface area contributed by atoms with E-state index in [1.807, 2.05) is 4.90 Å². The smallest absolute Gasteiger partial charge is 0.373 e. The van der Waals surface area contributed by atoms with Crippen LogP contribution in [0.1, 0.15) is 12.8 Å². The molecule has 0 amide bonds. The molecule has 1 atom stereocenters. The number of nitro groups is 1. The molecule has 0 aromatic carbocycles. The number of carbonyl (C=O) groups is 1. The second-order valence-corrected chi connectivity index (χ2v) is 5.75. The van der Waals surface area contributed by atoms with E-state index in [0.29, 0.717) is 23.9 Å². The van der Waals surface area contributed by atoms with Crippen molar-refractivity contribution in [1.82, 2.24) is 9.38 Å². The van der Waals surface area contributed by atoms with E-state index in [-0.39, 0.29) is 17.7 Å². The highest BCUT2D eigenvalue weighted by molar-refractivity contribution is 7.15. The molecular weight excluding hydrogens is 296 g/mol. The molecule has 0 bridgehead atoms. The Morgan fingerprint density at radius 1 is 1.62 bits per heavy atom. The lowest BCUT2D eigenvalue weighted by atomic mass is 9.98. The highest BCUT2D eigenvalue weighted by Crippen LogP contribution is 2.33. The first-order valence-corrected chi connectivity index (χ1v) is 7.42. The highest BCUT2D eigenvalue weighted by Gasteiger charge is 2.33. The number of methoxy groups -OCH3 is 1. The lowest BCUT2D eigenvalue weighted by Crippen LogP contribution is -2.39. The molecule has 0 aliphatic carbocycles. The molecule has 2 aromatic rings. The summed E-state index contributed by atoms with van der Waals surface area (Å²) in [6.07, 6.45) is 3.15. The summed E-state index contributed by atoms with van der Waals surface area (Å²) in [4.78, 5) is 29.3. The third-order valence-corrected chi connectivity index (χ3v) is 4.40. The van der Waals surface area contributed by atoms with Gasteiger partial charge in [-0.2, -0.15) is 9.38 Å². The Morgan fingerprint density at radius 3 is 3.14 bits per heavy atom. The monoisotopic (exact) mass is 310 g/mol. The van der Waals surface area contributed by atoms with Gasteiger partial charge in [-0.05, 0) is 17.8 Å². The Morgan fingerprint density at radius 2 is 2.43 bits per heavy atom. The summed E-state index contributed by atoms with van der Waals surface area (Å²) in [5.41, 5.74) is 0. The number of thiazole rings is 1. The average molecular weight is 310 g/mol. The molecule has 3 heterocycles. The van der Waals surface area contributed by atoms with Gasteiger partial charge in [0.1, 0.15) is 6.20 Å². The van der Waals surface area contributed by atoms with Crippen molar-refractivity contribution in [2.45, 2.75) is 12.8 Å². The third-order valence-electron chi connectivity index (χ3n) is 3.65. The predicted molar refractivity (Wildman–Crippen MR) is 76.7 cm³/mol. The number of piperidine rings is 1. The van der Waals surface area contributed by atoms with Crippen molar-refractivity contribution in [3.8, 4) is 0 Å². The molecule has 9 heteroatoms. The maximum absolute atomic E-state index is 11.7. The Kier molecular flexibility index (Phi) is 3.50. The van der Waals surface area contributed by atoms with Crippen LogP contribution in [0.5, 0.6) is 0 Å². The second-order valence-electron chi connectivity index (χ2n) is 4.88. The molecular formula is C12H14N4O4S. The molecule has 0 unspecified atom stereocenters. The van der Waals surface area contributed by atoms with E-state index in [4.69, 9.17) is 4.74 Å². The minimum absolute atomic E-state index is 0.0447. The minimum atomic E-state index is -0.427. The van der Waals surface area contributed by atoms with Gasteiger partial charge in [0.2, 0.25) is 5.82 Å². The summed E-state index contributed by atoms with van der Waals surface area (Å²) >= 11 is 1.34. The van der Waals surface area contributed by atoms with Crippen LogP contribution in [0.25, 0.3) is 4.96 Å². The minimum Gasteiger partial charge on any atom is -0.469 e. The first-order chi connectivity index (χ1) is 10.1. The molecule has 1 fully saturated rings. The molecule has 8 nitrogen and oxygen atoms in total. The fraction of sp³-hybridized carbons (Fsp3) is 0.500. The number of imidazole rings is 1. The third kappa shape index (κ3) is 2.33. The number of hydrogen-bond donors (Lipinski definition) is 0. The summed E-state index contributed by atoms with van der Waals surface area (Å²) in [6, 6.07) is 0. The Hall–Kier alpha value is -2.16. The Labute approximate surface area is 124 Å². The number of fused-ring (bicyclic) bond motifs is 1. The number of esters is 1. The number of ether oxygens (including phenoxy) is 1. The van der Waals surface area contributed by atoms with Gasteiger partial charge in [0, 0.05) is 18.5 Å². The summed E-state index contributed by atoms with van der Waals surface area (Å²) in [5.74, 6) is -0.247. The fourth-order valence-corrected chi connectivity index (χ4v) is 3.38. The van der Waals surface area contributed by atoms with Crippen molar-refractivity contribution in [1.29, 1.82) is 0 Å². The topological polar surface area (TPSA) is 90.0 Å². The number of rotatable bonds is 3. The van der Waals surface area contributed by atoms with Crippen LogP contribution in [0.3, 0.4) is 0 Å². The summed E-state index contributed by atoms with van der Waals surface area (Å²) < 4.78 is 6.25. The average Bonchev–Trinajstić information content (AvgIpc) is 3.06. The SMILES string of the molecule is COC(=O)[C@H]1CCCN(c2nc3sccn3c2[N+](=O)[O-])C1. The van der Waals surface area contributed by atoms with E-state index in [0.717, 1.165) is 12.8 Å². The fourth-order valence-electron chi connectivity index (χ4n) is 2.67. The Bertz CT molecular complexity index is 695. The van der Waals surface area contributed by atoms with Crippen LogP contribution < -0.4 is 4.90 Å². The number of nitrogens with zero attached hydrogens (tertiary/aromatic N) is 4. The number of aromatic nitrogens is 2. The van der Waals surface area contributed by atoms with Crippen LogP contribution >= 0.6 is 11.3 Å². The molecule has 0 radical (unpaired) electrons. The zero-order chi connectivity index (χ0) is 15.0. The molecule has 21 heavy (non-hydrogen) atoms. The van der Waals surface area contributed by atoms with Crippen molar-refractivity contribution >= 4 is 33.9 Å². The van der Waals surface area contributed by atoms with Crippen LogP contribution in [-0.2, 0) is 9.53 Å². The maximum atomic E-state index is 11.7. The van der Waals surface area contributed by atoms with E-state index in [9.17, 15) is 14.9 Å². The van der Waals surface area contributed by atoms with Gasteiger partial charge >= 0.3 is 11.8 Å². The van der Waals surface area contributed by atoms with E-state index in [1.165, 1.54) is 22.8 Å². The van der Waals surface area contributed by atoms with E-state index >= 15 is 0 Å². The largest absolute Gasteiger partial charge is 0.469 e. The molecule has 1 saturated heterocycles. The van der Waals surface area contributed by atoms with Crippen molar-refractivity contribution < 1.29 is 14.5 Å². The maximum Gasteiger partial charge on any atom is 0.373 e. The molecule has 3 rings (SSSR count). The lowest BCUT2D eigenvalue weighted by molar-refractivity contribution is -0.389. The molecule has 0 N–H and O–H groups in total. The van der Waals surface area contributed by atoms with Crippen LogP contribution in [-0.4, -0.2) is 40.5 Å². The lowest BCUT2D eigenvalue weighted by Gasteiger charge is -2.30. The van der Waals surface area contributed by atoms with Gasteiger partial charge in [-0.1, -0.05) is 11.3 Å². The molecule has 2 aromatic heterocycles. The van der Waals surface area contributed by atoms with Crippen molar-refractivity contribution in [3.05, 3.63) is 21.7 Å². The molecule has 0 saturated carbocycles. The quantitative estimate of drug-likeness (QED) is 0.487. The van der Waals surface area contributed by atoms with E-state index in [2.05, 4.69) is 4.98 Å². The molecule has 1 aliphatic heterocycles. The Balaban J connectivity index is 1.96. The van der Waals surface area contributed by atoms with E-state index < -0.39 is 4.92 Å². The first kappa shape index (κ1) is 13.8. The van der Waals surface area contributed by atoms with Crippen molar-refractivity contribution in [2.24, 2.45) is 5.92 Å². The second kappa shape index (κ2) is 5.32. The standard InChI is InChI=1S/C12H14N4O4S/c1-20-11(17)8-3-2-4-14(7-8)9-10(16(18)19)15-5-6-21-12(15)13-9/h5-6,8H,2-4,7H2,1H3/t8-/m0/s1. The van der Waals surface area contributed by atoms with Gasteiger partial charge in [0.05, 0.1) is 13.0 Å². The normalized spacial score (nSPS) is 18.9. The van der Waals surface area contributed by atoms with E-state index in [1.54, 1.807) is 11.6 Å². The van der Waals surface area contributed by atoms with Crippen LogP contribution in [0.2, 0.25) is 0 Å². The highest BCUT2D eigenvalue weighted by atomic mass is 32.1. The van der Waals surface area contributed by atoms with Crippen molar-refractivity contribution in [3.63, 3.8) is 0 Å². The van der Waals surface area contributed by atoms with Crippen LogP contribution in [0.4, 0.5) is 11.6 Å². The van der Waals surface area contributed by atoms with Gasteiger partial charge in [-0.3, -0.25) is 4.79 Å². The summed E-state index contributed by atoms with van der Waals surface area (Å²) in [7, 11) is 1.36. The number of carbonyl (C=O) groups excluding carboxylic acids is 1. The van der Waals surface area contributed by atoms with Gasteiger partial charge < -0.3 is 19.8 Å². The molecule has 112 valence electrons. The van der Waals surface area contributed by atoms with Crippen LogP contribution in [0, 0.1) is 16.0 Å². The summed E-state index contributed by atoms with van der Waals surface area (Å²) in [6.45, 7) is 1.05. The number of hydrogen-bond acceptors (Lipinski definition) is 7. The number of anilines is 1. The van der Waals surface area contributed by atoms with Gasteiger partial charge in [0.15, 0.2) is 0 Å². The van der Waals surface area contributed by atoms with Crippen LogP contribution in [0.15, 0.2) is 11.6 Å². The predicted octanol–water partition coefficient (Wildman–Crippen LogP) is 1.69. The van der Waals surface area contributed by atoms with Gasteiger partial charge in [0.25, 0.3) is 4.96 Å². The van der Waals surface area contributed by atoms with Gasteiger partial charge in [-0.25, -0.2) is 0 Å². The van der Waals surface area contributed by atoms with Gasteiger partial charge in [-0.15, -0.1) is 0 Å². The first-order valence-electron chi connectivity index (χ1n) is 6.54. The molecule has 1 aliphatic rings. The zero-order valence-electron chi connectivity index (χ0n) is 11.4. The zero-order valence-corrected chi connectivity index (χ0v) is 12.2. The summed E-state index contributed by atoms with van der Waals surface area (Å²) in [5, 5.41) is 13.1.